The Morgan fingerprint density at radius 2 is 2.14 bits per heavy atom. The molecule has 0 aromatic carbocycles. The predicted molar refractivity (Wildman–Crippen MR) is 86.9 cm³/mol. The number of morpholine rings is 1. The van der Waals surface area contributed by atoms with Gasteiger partial charge in [0.05, 0.1) is 25.5 Å². The van der Waals surface area contributed by atoms with E-state index in [0.29, 0.717) is 12.0 Å². The second kappa shape index (κ2) is 7.18. The molecule has 0 unspecified atom stereocenters. The van der Waals surface area contributed by atoms with Crippen molar-refractivity contribution in [3.63, 3.8) is 0 Å². The van der Waals surface area contributed by atoms with Gasteiger partial charge in [0.2, 0.25) is 0 Å². The quantitative estimate of drug-likeness (QED) is 0.855. The molecule has 2 aliphatic heterocycles. The van der Waals surface area contributed by atoms with Gasteiger partial charge in [-0.25, -0.2) is 4.98 Å². The lowest BCUT2D eigenvalue weighted by Gasteiger charge is -2.40. The van der Waals surface area contributed by atoms with Crippen LogP contribution in [0.1, 0.15) is 43.3 Å². The van der Waals surface area contributed by atoms with Gasteiger partial charge in [-0.2, -0.15) is 0 Å². The summed E-state index contributed by atoms with van der Waals surface area (Å²) in [6, 6.07) is 0.715. The molecule has 3 rings (SSSR count). The van der Waals surface area contributed by atoms with Gasteiger partial charge in [0.25, 0.3) is 0 Å². The minimum absolute atomic E-state index is 0.539. The van der Waals surface area contributed by atoms with Crippen molar-refractivity contribution in [2.75, 3.05) is 39.4 Å². The monoisotopic (exact) mass is 309 g/mol. The van der Waals surface area contributed by atoms with Crippen LogP contribution in [0.5, 0.6) is 0 Å². The highest BCUT2D eigenvalue weighted by atomic mass is 32.1. The van der Waals surface area contributed by atoms with Crippen molar-refractivity contribution in [3.8, 4) is 0 Å². The molecule has 1 aromatic heterocycles. The second-order valence-electron chi connectivity index (χ2n) is 6.50. The van der Waals surface area contributed by atoms with E-state index in [4.69, 9.17) is 9.72 Å². The van der Waals surface area contributed by atoms with E-state index in [9.17, 15) is 0 Å². The Morgan fingerprint density at radius 3 is 2.86 bits per heavy atom. The van der Waals surface area contributed by atoms with Crippen LogP contribution in [0.15, 0.2) is 5.38 Å². The molecule has 0 aliphatic carbocycles. The fourth-order valence-electron chi connectivity index (χ4n) is 3.27. The summed E-state index contributed by atoms with van der Waals surface area (Å²) in [6.45, 7) is 11.9. The van der Waals surface area contributed by atoms with Crippen LogP contribution in [0.3, 0.4) is 0 Å². The van der Waals surface area contributed by atoms with Crippen molar-refractivity contribution in [2.24, 2.45) is 0 Å². The first-order chi connectivity index (χ1) is 10.2. The molecule has 21 heavy (non-hydrogen) atoms. The standard InChI is InChI=1S/C16H27N3OS/c1-13(2)15-12-21-16(17-15)11-18-5-3-4-14(10-18)19-6-8-20-9-7-19/h12-14H,3-11H2,1-2H3/t14-/m0/s1. The van der Waals surface area contributed by atoms with Crippen LogP contribution in [-0.4, -0.2) is 60.2 Å². The summed E-state index contributed by atoms with van der Waals surface area (Å²) in [5.74, 6) is 0.539. The van der Waals surface area contributed by atoms with E-state index >= 15 is 0 Å². The summed E-state index contributed by atoms with van der Waals surface area (Å²) < 4.78 is 5.47. The zero-order valence-electron chi connectivity index (χ0n) is 13.3. The van der Waals surface area contributed by atoms with Crippen molar-refractivity contribution in [2.45, 2.75) is 45.2 Å². The molecule has 1 aromatic rings. The number of hydrogen-bond donors (Lipinski definition) is 0. The minimum atomic E-state index is 0.539. The number of ether oxygens (including phenoxy) is 1. The van der Waals surface area contributed by atoms with Crippen molar-refractivity contribution >= 4 is 11.3 Å². The normalized spacial score (nSPS) is 25.6. The Bertz CT molecular complexity index is 442. The van der Waals surface area contributed by atoms with Crippen molar-refractivity contribution < 1.29 is 4.74 Å². The molecule has 5 heteroatoms. The van der Waals surface area contributed by atoms with Gasteiger partial charge >= 0.3 is 0 Å². The molecule has 2 fully saturated rings. The summed E-state index contributed by atoms with van der Waals surface area (Å²) in [4.78, 5) is 10.00. The largest absolute Gasteiger partial charge is 0.379 e. The summed E-state index contributed by atoms with van der Waals surface area (Å²) in [6.07, 6.45) is 2.65. The van der Waals surface area contributed by atoms with Crippen LogP contribution in [0.4, 0.5) is 0 Å². The van der Waals surface area contributed by atoms with Gasteiger partial charge in [-0.05, 0) is 25.3 Å². The van der Waals surface area contributed by atoms with E-state index in [-0.39, 0.29) is 0 Å². The summed E-state index contributed by atoms with van der Waals surface area (Å²) in [7, 11) is 0. The molecular weight excluding hydrogens is 282 g/mol. The maximum atomic E-state index is 5.47. The Hall–Kier alpha value is -0.490. The fourth-order valence-corrected chi connectivity index (χ4v) is 4.27. The summed E-state index contributed by atoms with van der Waals surface area (Å²) in [5.41, 5.74) is 1.25. The molecule has 118 valence electrons. The first-order valence-corrected chi connectivity index (χ1v) is 9.09. The Kier molecular flexibility index (Phi) is 5.27. The third-order valence-electron chi connectivity index (χ3n) is 4.56. The molecular formula is C16H27N3OS. The number of rotatable bonds is 4. The van der Waals surface area contributed by atoms with Crippen molar-refractivity contribution in [3.05, 3.63) is 16.1 Å². The SMILES string of the molecule is CC(C)c1csc(CN2CCC[C@H](N3CCOCC3)C2)n1. The van der Waals surface area contributed by atoms with E-state index in [1.165, 1.54) is 36.6 Å². The van der Waals surface area contributed by atoms with Gasteiger partial charge in [-0.3, -0.25) is 9.80 Å². The van der Waals surface area contributed by atoms with Crippen LogP contribution >= 0.6 is 11.3 Å². The molecule has 3 heterocycles. The number of piperidine rings is 1. The molecule has 0 bridgehead atoms. The van der Waals surface area contributed by atoms with Crippen LogP contribution in [-0.2, 0) is 11.3 Å². The summed E-state index contributed by atoms with van der Waals surface area (Å²) in [5, 5.41) is 3.50. The molecule has 0 spiro atoms. The van der Waals surface area contributed by atoms with Crippen LogP contribution in [0.2, 0.25) is 0 Å². The van der Waals surface area contributed by atoms with Crippen LogP contribution < -0.4 is 0 Å². The van der Waals surface area contributed by atoms with E-state index < -0.39 is 0 Å². The molecule has 2 aliphatic rings. The van der Waals surface area contributed by atoms with Crippen LogP contribution in [0.25, 0.3) is 0 Å². The summed E-state index contributed by atoms with van der Waals surface area (Å²) >= 11 is 1.82. The van der Waals surface area contributed by atoms with Gasteiger partial charge in [0, 0.05) is 31.1 Å². The molecule has 1 atom stereocenters. The lowest BCUT2D eigenvalue weighted by molar-refractivity contribution is -0.00359. The third-order valence-corrected chi connectivity index (χ3v) is 5.41. The van der Waals surface area contributed by atoms with Gasteiger partial charge in [-0.15, -0.1) is 11.3 Å². The highest BCUT2D eigenvalue weighted by Gasteiger charge is 2.26. The Labute approximate surface area is 132 Å². The first-order valence-electron chi connectivity index (χ1n) is 8.21. The first kappa shape index (κ1) is 15.4. The van der Waals surface area contributed by atoms with Gasteiger partial charge < -0.3 is 4.74 Å². The number of nitrogens with zero attached hydrogens (tertiary/aromatic N) is 3. The molecule has 0 saturated carbocycles. The van der Waals surface area contributed by atoms with Gasteiger partial charge in [0.1, 0.15) is 5.01 Å². The number of likely N-dealkylation sites (tertiary alicyclic amines) is 1. The Morgan fingerprint density at radius 1 is 1.33 bits per heavy atom. The minimum Gasteiger partial charge on any atom is -0.379 e. The maximum absolute atomic E-state index is 5.47. The van der Waals surface area contributed by atoms with Crippen LogP contribution in [0, 0.1) is 0 Å². The molecule has 4 nitrogen and oxygen atoms in total. The highest BCUT2D eigenvalue weighted by Crippen LogP contribution is 2.22. The van der Waals surface area contributed by atoms with E-state index in [0.717, 1.165) is 32.8 Å². The van der Waals surface area contributed by atoms with Gasteiger partial charge in [-0.1, -0.05) is 13.8 Å². The lowest BCUT2D eigenvalue weighted by Crippen LogP contribution is -2.51. The maximum Gasteiger partial charge on any atom is 0.107 e. The predicted octanol–water partition coefficient (Wildman–Crippen LogP) is 2.56. The average Bonchev–Trinajstić information content (AvgIpc) is 2.97. The number of hydrogen-bond acceptors (Lipinski definition) is 5. The molecule has 0 amide bonds. The van der Waals surface area contributed by atoms with E-state index in [1.807, 2.05) is 11.3 Å². The zero-order valence-corrected chi connectivity index (χ0v) is 14.1. The number of aromatic nitrogens is 1. The van der Waals surface area contributed by atoms with Gasteiger partial charge in [0.15, 0.2) is 0 Å². The Balaban J connectivity index is 1.55. The average molecular weight is 309 g/mol. The molecule has 2 saturated heterocycles. The second-order valence-corrected chi connectivity index (χ2v) is 7.44. The number of thiazole rings is 1. The van der Waals surface area contributed by atoms with Crippen molar-refractivity contribution in [1.82, 2.24) is 14.8 Å². The molecule has 0 radical (unpaired) electrons. The highest BCUT2D eigenvalue weighted by molar-refractivity contribution is 7.09. The lowest BCUT2D eigenvalue weighted by atomic mass is 10.0. The smallest absolute Gasteiger partial charge is 0.107 e. The van der Waals surface area contributed by atoms with E-state index in [2.05, 4.69) is 29.0 Å². The van der Waals surface area contributed by atoms with E-state index in [1.54, 1.807) is 0 Å². The topological polar surface area (TPSA) is 28.6 Å². The fraction of sp³-hybridized carbons (Fsp3) is 0.812. The van der Waals surface area contributed by atoms with Crippen molar-refractivity contribution in [1.29, 1.82) is 0 Å². The zero-order chi connectivity index (χ0) is 14.7. The third kappa shape index (κ3) is 4.03. The molecule has 0 N–H and O–H groups in total.